The van der Waals surface area contributed by atoms with E-state index in [1.807, 2.05) is 0 Å². The number of anilines is 2. The van der Waals surface area contributed by atoms with Crippen LogP contribution in [0.5, 0.6) is 0 Å². The van der Waals surface area contributed by atoms with E-state index in [-0.39, 0.29) is 5.41 Å². The summed E-state index contributed by atoms with van der Waals surface area (Å²) in [6.45, 7) is 8.11. The van der Waals surface area contributed by atoms with Crippen LogP contribution in [-0.4, -0.2) is 16.9 Å². The summed E-state index contributed by atoms with van der Waals surface area (Å²) in [4.78, 5) is 5.13. The average molecular weight is 691 g/mol. The molecule has 7 aromatic rings. The van der Waals surface area contributed by atoms with Gasteiger partial charge in [0, 0.05) is 45.5 Å². The zero-order valence-electron chi connectivity index (χ0n) is 30.8. The smallest absolute Gasteiger partial charge is 0.128 e. The maximum absolute atomic E-state index is 5.13. The normalized spacial score (nSPS) is 13.3. The van der Waals surface area contributed by atoms with Gasteiger partial charge in [-0.25, -0.2) is 0 Å². The van der Waals surface area contributed by atoms with Gasteiger partial charge >= 0.3 is 0 Å². The number of nitrogens with one attached hydrogen (secondary N) is 2. The molecule has 0 fully saturated rings. The van der Waals surface area contributed by atoms with Gasteiger partial charge in [0.1, 0.15) is 5.84 Å². The molecule has 2 N–H and O–H groups in total. The average Bonchev–Trinajstić information content (AvgIpc) is 3.51. The molecular weight excluding hydrogens is 645 g/mol. The molecule has 1 heterocycles. The molecule has 0 radical (unpaired) electrons. The third-order valence-electron chi connectivity index (χ3n) is 10.1. The Bertz CT molecular complexity index is 2460. The first-order valence-electron chi connectivity index (χ1n) is 18.7. The van der Waals surface area contributed by atoms with Crippen LogP contribution in [0.25, 0.3) is 38.6 Å². The summed E-state index contributed by atoms with van der Waals surface area (Å²) in [5, 5.41) is 10.0. The van der Waals surface area contributed by atoms with Crippen molar-refractivity contribution in [3.63, 3.8) is 0 Å². The second-order valence-electron chi connectivity index (χ2n) is 14.9. The molecule has 0 amide bonds. The molecule has 0 unspecified atom stereocenters. The van der Waals surface area contributed by atoms with Crippen molar-refractivity contribution in [1.82, 2.24) is 9.88 Å². The Labute approximate surface area is 313 Å². The maximum Gasteiger partial charge on any atom is 0.128 e. The monoisotopic (exact) mass is 690 g/mol. The minimum absolute atomic E-state index is 0.0962. The van der Waals surface area contributed by atoms with Crippen molar-refractivity contribution in [3.8, 4) is 16.8 Å². The molecule has 1 aromatic heterocycles. The number of hydrogen-bond donors (Lipinski definition) is 2. The molecule has 8 rings (SSSR count). The number of amidine groups is 1. The predicted octanol–water partition coefficient (Wildman–Crippen LogP) is 12.3. The highest BCUT2D eigenvalue weighted by Crippen LogP contribution is 2.40. The fourth-order valence-electron chi connectivity index (χ4n) is 7.27. The summed E-state index contributed by atoms with van der Waals surface area (Å²) in [6.07, 6.45) is 8.73. The Morgan fingerprint density at radius 3 is 2.23 bits per heavy atom. The molecule has 0 aliphatic heterocycles. The summed E-state index contributed by atoms with van der Waals surface area (Å²) in [6, 6.07) is 52.3. The van der Waals surface area contributed by atoms with Crippen LogP contribution in [0, 0.1) is 0 Å². The van der Waals surface area contributed by atoms with Gasteiger partial charge in [0.2, 0.25) is 0 Å². The van der Waals surface area contributed by atoms with E-state index in [9.17, 15) is 0 Å². The molecule has 4 nitrogen and oxygen atoms in total. The lowest BCUT2D eigenvalue weighted by atomic mass is 9.86. The number of hydrogen-bond acceptors (Lipinski definition) is 2. The van der Waals surface area contributed by atoms with Crippen LogP contribution in [0.4, 0.5) is 11.4 Å². The Kier molecular flexibility index (Phi) is 9.52. The molecule has 0 bridgehead atoms. The van der Waals surface area contributed by atoms with Gasteiger partial charge in [-0.1, -0.05) is 142 Å². The highest BCUT2D eigenvalue weighted by atomic mass is 15.0. The maximum atomic E-state index is 5.13. The van der Waals surface area contributed by atoms with Gasteiger partial charge < -0.3 is 15.2 Å². The summed E-state index contributed by atoms with van der Waals surface area (Å²) >= 11 is 0. The number of benzene rings is 6. The van der Waals surface area contributed by atoms with Crippen LogP contribution in [0.1, 0.15) is 50.3 Å². The Hall–Kier alpha value is -6.13. The first kappa shape index (κ1) is 34.0. The van der Waals surface area contributed by atoms with Crippen LogP contribution < -0.4 is 10.6 Å². The van der Waals surface area contributed by atoms with Gasteiger partial charge in [0.25, 0.3) is 0 Å². The summed E-state index contributed by atoms with van der Waals surface area (Å²) in [5.74, 6) is 0.921. The van der Waals surface area contributed by atoms with E-state index in [0.717, 1.165) is 46.9 Å². The fourth-order valence-corrected chi connectivity index (χ4v) is 7.27. The van der Waals surface area contributed by atoms with Crippen molar-refractivity contribution in [3.05, 3.63) is 186 Å². The number of para-hydroxylation sites is 2. The van der Waals surface area contributed by atoms with Crippen LogP contribution in [-0.2, 0) is 12.0 Å². The number of allylic oxidation sites excluding steroid dienone is 3. The standard InChI is InChI=1S/C49H46N4/c1-49(2,3)39-28-26-38(27-29-39)48(50-33-35-16-7-4-8-17-35)51-34-36-18-15-21-40(30-36)52-45-32-47-44(31-43(45)37-19-9-5-10-20-37)42-24-13-14-25-46(42)53(47)41-22-11-6-12-23-41/h4-7,9-16,18-32,52H,8,17,33-34H2,1-3H3,(H,50,51). The third kappa shape index (κ3) is 7.45. The predicted molar refractivity (Wildman–Crippen MR) is 226 cm³/mol. The first-order valence-corrected chi connectivity index (χ1v) is 18.7. The van der Waals surface area contributed by atoms with E-state index in [0.29, 0.717) is 13.1 Å². The van der Waals surface area contributed by atoms with Gasteiger partial charge in [-0.05, 0) is 83.0 Å². The summed E-state index contributed by atoms with van der Waals surface area (Å²) in [5.41, 5.74) is 13.0. The number of aromatic nitrogens is 1. The second kappa shape index (κ2) is 14.8. The number of fused-ring (bicyclic) bond motifs is 3. The highest BCUT2D eigenvalue weighted by molar-refractivity contribution is 6.12. The SMILES string of the molecule is CC(C)(C)c1ccc(C(=NCC2=CC=CCC2)NCc2cccc(Nc3cc4c(cc3-c3ccccc3)c3ccccc3n4-c3ccccc3)c2)cc1. The number of rotatable bonds is 9. The molecule has 1 aliphatic rings. The lowest BCUT2D eigenvalue weighted by Gasteiger charge is -2.20. The van der Waals surface area contributed by atoms with E-state index in [2.05, 4.69) is 200 Å². The molecule has 4 heteroatoms. The fraction of sp³-hybridized carbons (Fsp3) is 0.163. The quantitative estimate of drug-likeness (QED) is 0.117. The molecule has 53 heavy (non-hydrogen) atoms. The third-order valence-corrected chi connectivity index (χ3v) is 10.1. The lowest BCUT2D eigenvalue weighted by molar-refractivity contribution is 0.590. The van der Waals surface area contributed by atoms with E-state index >= 15 is 0 Å². The minimum atomic E-state index is 0.0962. The first-order chi connectivity index (χ1) is 25.9. The van der Waals surface area contributed by atoms with Crippen molar-refractivity contribution >= 4 is 39.0 Å². The highest BCUT2D eigenvalue weighted by Gasteiger charge is 2.17. The molecular formula is C49H46N4. The topological polar surface area (TPSA) is 41.4 Å². The number of aliphatic imine (C=N–C) groups is 1. The van der Waals surface area contributed by atoms with Crippen LogP contribution >= 0.6 is 0 Å². The van der Waals surface area contributed by atoms with Crippen molar-refractivity contribution in [1.29, 1.82) is 0 Å². The minimum Gasteiger partial charge on any atom is -0.366 e. The van der Waals surface area contributed by atoms with E-state index in [4.69, 9.17) is 4.99 Å². The largest absolute Gasteiger partial charge is 0.366 e. The van der Waals surface area contributed by atoms with E-state index in [1.54, 1.807) is 0 Å². The summed E-state index contributed by atoms with van der Waals surface area (Å²) in [7, 11) is 0. The molecule has 6 aromatic carbocycles. The van der Waals surface area contributed by atoms with Gasteiger partial charge in [-0.3, -0.25) is 4.99 Å². The number of nitrogens with zero attached hydrogens (tertiary/aromatic N) is 2. The summed E-state index contributed by atoms with van der Waals surface area (Å²) < 4.78 is 2.37. The molecule has 0 atom stereocenters. The molecule has 1 aliphatic carbocycles. The van der Waals surface area contributed by atoms with Crippen molar-refractivity contribution < 1.29 is 0 Å². The second-order valence-corrected chi connectivity index (χ2v) is 14.9. The zero-order chi connectivity index (χ0) is 36.2. The van der Waals surface area contributed by atoms with Gasteiger partial charge in [0.05, 0.1) is 17.6 Å². The van der Waals surface area contributed by atoms with Gasteiger partial charge in [0.15, 0.2) is 0 Å². The Morgan fingerprint density at radius 1 is 0.717 bits per heavy atom. The molecule has 0 saturated heterocycles. The van der Waals surface area contributed by atoms with E-state index in [1.165, 1.54) is 44.1 Å². The van der Waals surface area contributed by atoms with Crippen molar-refractivity contribution in [2.24, 2.45) is 4.99 Å². The molecule has 262 valence electrons. The van der Waals surface area contributed by atoms with Crippen LogP contribution in [0.3, 0.4) is 0 Å². The molecule has 0 saturated carbocycles. The van der Waals surface area contributed by atoms with Crippen LogP contribution in [0.15, 0.2) is 174 Å². The molecule has 0 spiro atoms. The van der Waals surface area contributed by atoms with Gasteiger partial charge in [-0.15, -0.1) is 0 Å². The Balaban J connectivity index is 1.13. The van der Waals surface area contributed by atoms with Crippen molar-refractivity contribution in [2.45, 2.75) is 45.6 Å². The Morgan fingerprint density at radius 2 is 1.47 bits per heavy atom. The van der Waals surface area contributed by atoms with Crippen LogP contribution in [0.2, 0.25) is 0 Å². The lowest BCUT2D eigenvalue weighted by Crippen LogP contribution is -2.25. The van der Waals surface area contributed by atoms with Gasteiger partial charge in [-0.2, -0.15) is 0 Å². The van der Waals surface area contributed by atoms with E-state index < -0.39 is 0 Å². The zero-order valence-corrected chi connectivity index (χ0v) is 30.8. The van der Waals surface area contributed by atoms with Crippen molar-refractivity contribution in [2.75, 3.05) is 11.9 Å².